The zero-order chi connectivity index (χ0) is 16.8. The highest BCUT2D eigenvalue weighted by Gasteiger charge is 2.11. The van der Waals surface area contributed by atoms with Gasteiger partial charge in [-0.2, -0.15) is 0 Å². The third kappa shape index (κ3) is 5.76. The van der Waals surface area contributed by atoms with Gasteiger partial charge in [-0.25, -0.2) is 4.98 Å². The van der Waals surface area contributed by atoms with Crippen molar-refractivity contribution in [1.29, 1.82) is 0 Å². The minimum absolute atomic E-state index is 0.00285. The second-order valence-electron chi connectivity index (χ2n) is 5.68. The molecule has 0 radical (unpaired) electrons. The van der Waals surface area contributed by atoms with Crippen molar-refractivity contribution in [2.24, 2.45) is 5.92 Å². The molecule has 0 saturated carbocycles. The summed E-state index contributed by atoms with van der Waals surface area (Å²) in [7, 11) is 0. The Hall–Kier alpha value is -1.73. The molecule has 0 aliphatic rings. The molecule has 0 spiro atoms. The lowest BCUT2D eigenvalue weighted by Gasteiger charge is -2.03. The van der Waals surface area contributed by atoms with Crippen molar-refractivity contribution >= 4 is 39.6 Å². The SMILES string of the molecule is CC(=O)NCCc1ccc(-c2csc(NC(=O)CC(C)C)n2)s1. The number of aromatic nitrogens is 1. The minimum atomic E-state index is -0.0111. The number of nitrogens with zero attached hydrogens (tertiary/aromatic N) is 1. The Morgan fingerprint density at radius 1 is 1.30 bits per heavy atom. The molecular weight excluding hydrogens is 330 g/mol. The van der Waals surface area contributed by atoms with Gasteiger partial charge < -0.3 is 10.6 Å². The molecule has 2 heterocycles. The first-order valence-electron chi connectivity index (χ1n) is 7.53. The van der Waals surface area contributed by atoms with Crippen LogP contribution in [0.2, 0.25) is 0 Å². The summed E-state index contributed by atoms with van der Waals surface area (Å²) >= 11 is 3.10. The van der Waals surface area contributed by atoms with Gasteiger partial charge in [0.25, 0.3) is 0 Å². The number of amides is 2. The molecule has 7 heteroatoms. The fourth-order valence-corrected chi connectivity index (χ4v) is 3.77. The number of thiophene rings is 1. The smallest absolute Gasteiger partial charge is 0.226 e. The van der Waals surface area contributed by atoms with Gasteiger partial charge in [-0.3, -0.25) is 9.59 Å². The van der Waals surface area contributed by atoms with Gasteiger partial charge in [-0.15, -0.1) is 22.7 Å². The molecule has 0 unspecified atom stereocenters. The van der Waals surface area contributed by atoms with Crippen LogP contribution in [0.5, 0.6) is 0 Å². The van der Waals surface area contributed by atoms with Gasteiger partial charge in [-0.1, -0.05) is 13.8 Å². The summed E-state index contributed by atoms with van der Waals surface area (Å²) in [4.78, 5) is 29.4. The van der Waals surface area contributed by atoms with Crippen LogP contribution in [-0.4, -0.2) is 23.3 Å². The van der Waals surface area contributed by atoms with E-state index >= 15 is 0 Å². The summed E-state index contributed by atoms with van der Waals surface area (Å²) in [5, 5.41) is 8.22. The minimum Gasteiger partial charge on any atom is -0.356 e. The average Bonchev–Trinajstić information content (AvgIpc) is 3.06. The second kappa shape index (κ2) is 8.21. The van der Waals surface area contributed by atoms with E-state index in [0.29, 0.717) is 24.0 Å². The zero-order valence-electron chi connectivity index (χ0n) is 13.5. The lowest BCUT2D eigenvalue weighted by molar-refractivity contribution is -0.119. The number of hydrogen-bond donors (Lipinski definition) is 2. The van der Waals surface area contributed by atoms with E-state index in [9.17, 15) is 9.59 Å². The molecule has 0 bridgehead atoms. The highest BCUT2D eigenvalue weighted by Crippen LogP contribution is 2.31. The highest BCUT2D eigenvalue weighted by molar-refractivity contribution is 7.17. The maximum absolute atomic E-state index is 11.8. The predicted molar refractivity (Wildman–Crippen MR) is 95.9 cm³/mol. The lowest BCUT2D eigenvalue weighted by Crippen LogP contribution is -2.21. The lowest BCUT2D eigenvalue weighted by atomic mass is 10.1. The van der Waals surface area contributed by atoms with Crippen LogP contribution < -0.4 is 10.6 Å². The first-order valence-corrected chi connectivity index (χ1v) is 9.22. The van der Waals surface area contributed by atoms with Crippen molar-refractivity contribution in [3.8, 4) is 10.6 Å². The van der Waals surface area contributed by atoms with Gasteiger partial charge in [0.15, 0.2) is 5.13 Å². The Kier molecular flexibility index (Phi) is 6.29. The van der Waals surface area contributed by atoms with Gasteiger partial charge in [-0.05, 0) is 24.5 Å². The van der Waals surface area contributed by atoms with Gasteiger partial charge in [0, 0.05) is 30.1 Å². The first-order chi connectivity index (χ1) is 10.9. The fourth-order valence-electron chi connectivity index (χ4n) is 2.00. The van der Waals surface area contributed by atoms with Crippen LogP contribution in [-0.2, 0) is 16.0 Å². The summed E-state index contributed by atoms with van der Waals surface area (Å²) in [6.07, 6.45) is 1.31. The summed E-state index contributed by atoms with van der Waals surface area (Å²) in [6, 6.07) is 4.08. The summed E-state index contributed by atoms with van der Waals surface area (Å²) < 4.78 is 0. The van der Waals surface area contributed by atoms with E-state index < -0.39 is 0 Å². The normalized spacial score (nSPS) is 10.8. The first kappa shape index (κ1) is 17.6. The van der Waals surface area contributed by atoms with Crippen molar-refractivity contribution < 1.29 is 9.59 Å². The third-order valence-electron chi connectivity index (χ3n) is 3.00. The van der Waals surface area contributed by atoms with Crippen LogP contribution >= 0.6 is 22.7 Å². The average molecular weight is 351 g/mol. The maximum Gasteiger partial charge on any atom is 0.226 e. The topological polar surface area (TPSA) is 71.1 Å². The standard InChI is InChI=1S/C16H21N3O2S2/c1-10(2)8-15(21)19-16-18-13(9-22-16)14-5-4-12(23-14)6-7-17-11(3)20/h4-5,9-10H,6-8H2,1-3H3,(H,17,20)(H,18,19,21). The molecule has 0 aromatic carbocycles. The van der Waals surface area contributed by atoms with Crippen LogP contribution in [0.25, 0.3) is 10.6 Å². The van der Waals surface area contributed by atoms with E-state index in [1.807, 2.05) is 25.3 Å². The molecule has 0 atom stereocenters. The van der Waals surface area contributed by atoms with Gasteiger partial charge in [0.1, 0.15) is 0 Å². The van der Waals surface area contributed by atoms with E-state index in [1.54, 1.807) is 11.3 Å². The molecule has 2 N–H and O–H groups in total. The number of anilines is 1. The molecule has 0 aliphatic heterocycles. The molecule has 0 aliphatic carbocycles. The summed E-state index contributed by atoms with van der Waals surface area (Å²) in [5.41, 5.74) is 0.880. The van der Waals surface area contributed by atoms with Crippen LogP contribution in [0.1, 0.15) is 32.1 Å². The number of rotatable bonds is 7. The van der Waals surface area contributed by atoms with Crippen molar-refractivity contribution in [1.82, 2.24) is 10.3 Å². The summed E-state index contributed by atoms with van der Waals surface area (Å²) in [5.74, 6) is 0.323. The number of hydrogen-bond acceptors (Lipinski definition) is 5. The van der Waals surface area contributed by atoms with Crippen molar-refractivity contribution in [3.05, 3.63) is 22.4 Å². The van der Waals surface area contributed by atoms with E-state index in [2.05, 4.69) is 21.7 Å². The Morgan fingerprint density at radius 3 is 2.78 bits per heavy atom. The maximum atomic E-state index is 11.8. The third-order valence-corrected chi connectivity index (χ3v) is 4.93. The summed E-state index contributed by atoms with van der Waals surface area (Å²) in [6.45, 7) is 6.19. The van der Waals surface area contributed by atoms with E-state index in [-0.39, 0.29) is 11.8 Å². The largest absolute Gasteiger partial charge is 0.356 e. The molecule has 0 saturated heterocycles. The van der Waals surface area contributed by atoms with Crippen molar-refractivity contribution in [2.45, 2.75) is 33.6 Å². The van der Waals surface area contributed by atoms with E-state index in [4.69, 9.17) is 0 Å². The fraction of sp³-hybridized carbons (Fsp3) is 0.438. The number of carbonyl (C=O) groups excluding carboxylic acids is 2. The van der Waals surface area contributed by atoms with Crippen molar-refractivity contribution in [3.63, 3.8) is 0 Å². The molecule has 5 nitrogen and oxygen atoms in total. The molecular formula is C16H21N3O2S2. The van der Waals surface area contributed by atoms with Crippen LogP contribution in [0.4, 0.5) is 5.13 Å². The Morgan fingerprint density at radius 2 is 2.09 bits per heavy atom. The van der Waals surface area contributed by atoms with Crippen LogP contribution in [0.3, 0.4) is 0 Å². The number of thiazole rings is 1. The van der Waals surface area contributed by atoms with Gasteiger partial charge >= 0.3 is 0 Å². The quantitative estimate of drug-likeness (QED) is 0.801. The van der Waals surface area contributed by atoms with Gasteiger partial charge in [0.05, 0.1) is 10.6 Å². The molecule has 2 aromatic heterocycles. The molecule has 2 rings (SSSR count). The molecule has 2 aromatic rings. The van der Waals surface area contributed by atoms with Crippen molar-refractivity contribution in [2.75, 3.05) is 11.9 Å². The van der Waals surface area contributed by atoms with Gasteiger partial charge in [0.2, 0.25) is 11.8 Å². The number of carbonyl (C=O) groups is 2. The molecule has 0 fully saturated rings. The molecule has 124 valence electrons. The molecule has 23 heavy (non-hydrogen) atoms. The molecule has 2 amide bonds. The Bertz CT molecular complexity index is 676. The van der Waals surface area contributed by atoms with E-state index in [0.717, 1.165) is 17.0 Å². The predicted octanol–water partition coefficient (Wildman–Crippen LogP) is 3.53. The monoisotopic (exact) mass is 351 g/mol. The highest BCUT2D eigenvalue weighted by atomic mass is 32.1. The van der Waals surface area contributed by atoms with E-state index in [1.165, 1.54) is 23.1 Å². The number of nitrogens with one attached hydrogen (secondary N) is 2. The Labute approximate surface area is 144 Å². The zero-order valence-corrected chi connectivity index (χ0v) is 15.1. The second-order valence-corrected chi connectivity index (χ2v) is 7.71. The van der Waals surface area contributed by atoms with Crippen LogP contribution in [0, 0.1) is 5.92 Å². The Balaban J connectivity index is 1.94. The van der Waals surface area contributed by atoms with Crippen LogP contribution in [0.15, 0.2) is 17.5 Å².